The minimum absolute atomic E-state index is 0.507. The molecule has 1 unspecified atom stereocenters. The Kier molecular flexibility index (Phi) is 2.70. The standard InChI is InChI=1S/C14H12N2O2/c17-14(13-7-4-10-18-13)12-8-9-15-16(12)11-5-2-1-3-6-11/h1-10,14,17H. The number of rotatable bonds is 3. The minimum atomic E-state index is -0.817. The number of hydrogen-bond donors (Lipinski definition) is 1. The van der Waals surface area contributed by atoms with Gasteiger partial charge in [0.25, 0.3) is 0 Å². The average molecular weight is 240 g/mol. The van der Waals surface area contributed by atoms with E-state index in [-0.39, 0.29) is 0 Å². The molecule has 0 aliphatic rings. The molecule has 0 spiro atoms. The van der Waals surface area contributed by atoms with Crippen LogP contribution >= 0.6 is 0 Å². The molecule has 90 valence electrons. The Bertz CT molecular complexity index is 614. The van der Waals surface area contributed by atoms with Crippen molar-refractivity contribution < 1.29 is 9.52 Å². The smallest absolute Gasteiger partial charge is 0.153 e. The van der Waals surface area contributed by atoms with Gasteiger partial charge in [0, 0.05) is 6.20 Å². The molecule has 4 heteroatoms. The van der Waals surface area contributed by atoms with Crippen molar-refractivity contribution in [3.63, 3.8) is 0 Å². The van der Waals surface area contributed by atoms with Crippen molar-refractivity contribution in [2.45, 2.75) is 6.10 Å². The van der Waals surface area contributed by atoms with Crippen LogP contribution in [0.2, 0.25) is 0 Å². The Morgan fingerprint density at radius 2 is 1.89 bits per heavy atom. The van der Waals surface area contributed by atoms with Crippen LogP contribution in [0.25, 0.3) is 5.69 Å². The lowest BCUT2D eigenvalue weighted by atomic mass is 10.2. The van der Waals surface area contributed by atoms with Crippen molar-refractivity contribution in [1.29, 1.82) is 0 Å². The van der Waals surface area contributed by atoms with E-state index in [0.717, 1.165) is 5.69 Å². The lowest BCUT2D eigenvalue weighted by molar-refractivity contribution is 0.182. The average Bonchev–Trinajstić information content (AvgIpc) is 3.10. The highest BCUT2D eigenvalue weighted by Gasteiger charge is 2.18. The zero-order valence-corrected chi connectivity index (χ0v) is 9.60. The minimum Gasteiger partial charge on any atom is -0.466 e. The Morgan fingerprint density at radius 1 is 1.06 bits per heavy atom. The van der Waals surface area contributed by atoms with E-state index in [4.69, 9.17) is 4.42 Å². The molecule has 1 atom stereocenters. The van der Waals surface area contributed by atoms with Crippen molar-refractivity contribution in [3.8, 4) is 5.69 Å². The third-order valence-electron chi connectivity index (χ3n) is 2.77. The van der Waals surface area contributed by atoms with Gasteiger partial charge in [0.05, 0.1) is 17.6 Å². The highest BCUT2D eigenvalue weighted by atomic mass is 16.4. The van der Waals surface area contributed by atoms with Gasteiger partial charge in [0.1, 0.15) is 5.76 Å². The Morgan fingerprint density at radius 3 is 2.61 bits per heavy atom. The Labute approximate surface area is 104 Å². The molecule has 1 N–H and O–H groups in total. The fourth-order valence-electron chi connectivity index (χ4n) is 1.90. The quantitative estimate of drug-likeness (QED) is 0.765. The zero-order chi connectivity index (χ0) is 12.4. The first-order valence-corrected chi connectivity index (χ1v) is 5.67. The molecule has 0 aliphatic heterocycles. The summed E-state index contributed by atoms with van der Waals surface area (Å²) in [6.45, 7) is 0. The van der Waals surface area contributed by atoms with Crippen LogP contribution in [-0.4, -0.2) is 14.9 Å². The summed E-state index contributed by atoms with van der Waals surface area (Å²) in [5.41, 5.74) is 1.58. The van der Waals surface area contributed by atoms with Gasteiger partial charge in [-0.1, -0.05) is 18.2 Å². The summed E-state index contributed by atoms with van der Waals surface area (Å²) in [5.74, 6) is 0.507. The molecule has 0 bridgehead atoms. The monoisotopic (exact) mass is 240 g/mol. The van der Waals surface area contributed by atoms with E-state index in [1.54, 1.807) is 35.3 Å². The van der Waals surface area contributed by atoms with Gasteiger partial charge in [-0.2, -0.15) is 5.10 Å². The third kappa shape index (κ3) is 1.83. The van der Waals surface area contributed by atoms with Crippen LogP contribution in [0.15, 0.2) is 65.4 Å². The highest BCUT2D eigenvalue weighted by molar-refractivity contribution is 5.34. The van der Waals surface area contributed by atoms with Crippen LogP contribution in [0.3, 0.4) is 0 Å². The predicted molar refractivity (Wildman–Crippen MR) is 66.3 cm³/mol. The largest absolute Gasteiger partial charge is 0.466 e. The van der Waals surface area contributed by atoms with E-state index in [0.29, 0.717) is 11.5 Å². The molecule has 0 saturated heterocycles. The summed E-state index contributed by atoms with van der Waals surface area (Å²) in [4.78, 5) is 0. The highest BCUT2D eigenvalue weighted by Crippen LogP contribution is 2.23. The molecule has 18 heavy (non-hydrogen) atoms. The molecule has 0 saturated carbocycles. The SMILES string of the molecule is OC(c1ccco1)c1ccnn1-c1ccccc1. The van der Waals surface area contributed by atoms with Crippen LogP contribution in [-0.2, 0) is 0 Å². The van der Waals surface area contributed by atoms with Crippen LogP contribution in [0, 0.1) is 0 Å². The summed E-state index contributed by atoms with van der Waals surface area (Å²) in [5, 5.41) is 14.5. The normalized spacial score (nSPS) is 12.5. The molecular formula is C14H12N2O2. The zero-order valence-electron chi connectivity index (χ0n) is 9.60. The first kappa shape index (κ1) is 10.8. The lowest BCUT2D eigenvalue weighted by Crippen LogP contribution is -2.07. The number of aliphatic hydroxyl groups excluding tert-OH is 1. The van der Waals surface area contributed by atoms with Crippen LogP contribution in [0.4, 0.5) is 0 Å². The van der Waals surface area contributed by atoms with E-state index in [9.17, 15) is 5.11 Å². The van der Waals surface area contributed by atoms with Gasteiger partial charge in [-0.25, -0.2) is 4.68 Å². The summed E-state index contributed by atoms with van der Waals surface area (Å²) in [7, 11) is 0. The number of benzene rings is 1. The molecule has 2 aromatic heterocycles. The molecule has 3 aromatic rings. The maximum absolute atomic E-state index is 10.3. The molecule has 1 aromatic carbocycles. The fourth-order valence-corrected chi connectivity index (χ4v) is 1.90. The summed E-state index contributed by atoms with van der Waals surface area (Å²) in [6.07, 6.45) is 2.39. The summed E-state index contributed by atoms with van der Waals surface area (Å²) in [6, 6.07) is 14.9. The number of hydrogen-bond acceptors (Lipinski definition) is 3. The number of aromatic nitrogens is 2. The van der Waals surface area contributed by atoms with Gasteiger partial charge >= 0.3 is 0 Å². The Balaban J connectivity index is 2.02. The number of furan rings is 1. The van der Waals surface area contributed by atoms with E-state index in [2.05, 4.69) is 5.10 Å². The van der Waals surface area contributed by atoms with Crippen molar-refractivity contribution in [3.05, 3.63) is 72.4 Å². The second-order valence-corrected chi connectivity index (χ2v) is 3.92. The van der Waals surface area contributed by atoms with Gasteiger partial charge in [-0.05, 0) is 30.3 Å². The van der Waals surface area contributed by atoms with Crippen molar-refractivity contribution in [2.24, 2.45) is 0 Å². The molecule has 3 rings (SSSR count). The summed E-state index contributed by atoms with van der Waals surface area (Å²) < 4.78 is 6.92. The summed E-state index contributed by atoms with van der Waals surface area (Å²) >= 11 is 0. The maximum Gasteiger partial charge on any atom is 0.153 e. The van der Waals surface area contributed by atoms with Gasteiger partial charge < -0.3 is 9.52 Å². The molecule has 0 fully saturated rings. The topological polar surface area (TPSA) is 51.2 Å². The lowest BCUT2D eigenvalue weighted by Gasteiger charge is -2.11. The van der Waals surface area contributed by atoms with Crippen LogP contribution in [0.5, 0.6) is 0 Å². The molecule has 0 amide bonds. The number of para-hydroxylation sites is 1. The van der Waals surface area contributed by atoms with Crippen molar-refractivity contribution in [2.75, 3.05) is 0 Å². The third-order valence-corrected chi connectivity index (χ3v) is 2.77. The fraction of sp³-hybridized carbons (Fsp3) is 0.0714. The van der Waals surface area contributed by atoms with Gasteiger partial charge in [0.15, 0.2) is 6.10 Å². The molecule has 0 aliphatic carbocycles. The maximum atomic E-state index is 10.3. The van der Waals surface area contributed by atoms with E-state index in [1.165, 1.54) is 0 Å². The van der Waals surface area contributed by atoms with Gasteiger partial charge in [-0.3, -0.25) is 0 Å². The first-order valence-electron chi connectivity index (χ1n) is 5.67. The number of nitrogens with zero attached hydrogens (tertiary/aromatic N) is 2. The molecular weight excluding hydrogens is 228 g/mol. The Hall–Kier alpha value is -2.33. The van der Waals surface area contributed by atoms with Crippen molar-refractivity contribution in [1.82, 2.24) is 9.78 Å². The number of aliphatic hydroxyl groups is 1. The second-order valence-electron chi connectivity index (χ2n) is 3.92. The molecule has 0 radical (unpaired) electrons. The predicted octanol–water partition coefficient (Wildman–Crippen LogP) is 2.55. The molecule has 4 nitrogen and oxygen atoms in total. The molecule has 2 heterocycles. The van der Waals surface area contributed by atoms with Crippen LogP contribution in [0.1, 0.15) is 17.6 Å². The van der Waals surface area contributed by atoms with Crippen molar-refractivity contribution >= 4 is 0 Å². The second kappa shape index (κ2) is 4.50. The van der Waals surface area contributed by atoms with Gasteiger partial charge in [-0.15, -0.1) is 0 Å². The van der Waals surface area contributed by atoms with Crippen LogP contribution < -0.4 is 0 Å². The van der Waals surface area contributed by atoms with E-state index in [1.807, 2.05) is 30.3 Å². The van der Waals surface area contributed by atoms with Gasteiger partial charge in [0.2, 0.25) is 0 Å². The first-order chi connectivity index (χ1) is 8.86. The van der Waals surface area contributed by atoms with E-state index < -0.39 is 6.10 Å². The van der Waals surface area contributed by atoms with E-state index >= 15 is 0 Å².